The normalized spacial score (nSPS) is 16.6. The molecule has 1 N–H and O–H groups in total. The summed E-state index contributed by atoms with van der Waals surface area (Å²) in [4.78, 5) is 41.0. The fourth-order valence-corrected chi connectivity index (χ4v) is 4.98. The molecule has 194 valence electrons. The number of amides is 1. The molecule has 2 saturated heterocycles. The standard InChI is InChI=1S/C27H31ClN6O3/c28-23-8-4-5-9-24(23)32-12-10-31(11-13-32)19-21-18-25(35)30-27(29-21)34-16-14-33(15-17-34)26(36)20-37-22-6-2-1-3-7-22/h1-9,18H,10-17,19-20H2,(H,29,30,35). The summed E-state index contributed by atoms with van der Waals surface area (Å²) in [6.45, 7) is 6.37. The molecular weight excluding hydrogens is 492 g/mol. The first-order valence-electron chi connectivity index (χ1n) is 12.6. The van der Waals surface area contributed by atoms with Crippen LogP contribution in [0, 0.1) is 0 Å². The Morgan fingerprint density at radius 2 is 1.57 bits per heavy atom. The third kappa shape index (κ3) is 6.42. The Bertz CT molecular complexity index is 1250. The van der Waals surface area contributed by atoms with E-state index in [1.807, 2.05) is 59.5 Å². The molecule has 2 aromatic carbocycles. The number of hydrogen-bond acceptors (Lipinski definition) is 7. The van der Waals surface area contributed by atoms with Crippen molar-refractivity contribution >= 4 is 29.1 Å². The molecule has 0 spiro atoms. The number of aromatic nitrogens is 2. The zero-order chi connectivity index (χ0) is 25.6. The Kier molecular flexibility index (Phi) is 7.91. The van der Waals surface area contributed by atoms with E-state index in [-0.39, 0.29) is 18.1 Å². The summed E-state index contributed by atoms with van der Waals surface area (Å²) in [5.41, 5.74) is 1.65. The molecule has 1 amide bonds. The molecule has 3 heterocycles. The lowest BCUT2D eigenvalue weighted by Crippen LogP contribution is -2.50. The van der Waals surface area contributed by atoms with Crippen LogP contribution in [0.1, 0.15) is 5.69 Å². The van der Waals surface area contributed by atoms with E-state index in [0.717, 1.165) is 42.6 Å². The first-order chi connectivity index (χ1) is 18.0. The van der Waals surface area contributed by atoms with E-state index < -0.39 is 0 Å². The van der Waals surface area contributed by atoms with Gasteiger partial charge in [-0.05, 0) is 24.3 Å². The monoisotopic (exact) mass is 522 g/mol. The average Bonchev–Trinajstić information content (AvgIpc) is 2.93. The molecule has 1 aromatic heterocycles. The third-order valence-electron chi connectivity index (χ3n) is 6.77. The molecule has 37 heavy (non-hydrogen) atoms. The predicted octanol–water partition coefficient (Wildman–Crippen LogP) is 2.47. The quantitative estimate of drug-likeness (QED) is 0.510. The zero-order valence-corrected chi connectivity index (χ0v) is 21.4. The van der Waals surface area contributed by atoms with E-state index in [4.69, 9.17) is 21.3 Å². The number of carbonyl (C=O) groups excluding carboxylic acids is 1. The Labute approximate surface area is 221 Å². The SMILES string of the molecule is O=C(COc1ccccc1)N1CCN(c2nc(CN3CCN(c4ccccc4Cl)CC3)cc(=O)[nH]2)CC1. The number of H-pyrrole nitrogens is 1. The van der Waals surface area contributed by atoms with Crippen LogP contribution in [0.25, 0.3) is 0 Å². The fourth-order valence-electron chi connectivity index (χ4n) is 4.73. The Balaban J connectivity index is 1.13. The first-order valence-corrected chi connectivity index (χ1v) is 13.0. The second-order valence-corrected chi connectivity index (χ2v) is 9.65. The maximum absolute atomic E-state index is 12.6. The molecule has 0 atom stereocenters. The summed E-state index contributed by atoms with van der Waals surface area (Å²) in [5, 5.41) is 0.766. The number of hydrogen-bond donors (Lipinski definition) is 1. The maximum atomic E-state index is 12.6. The van der Waals surface area contributed by atoms with Gasteiger partial charge in [0.05, 0.1) is 16.4 Å². The van der Waals surface area contributed by atoms with Crippen molar-refractivity contribution in [2.24, 2.45) is 0 Å². The van der Waals surface area contributed by atoms with Crippen LogP contribution < -0.4 is 20.1 Å². The minimum Gasteiger partial charge on any atom is -0.484 e. The highest BCUT2D eigenvalue weighted by molar-refractivity contribution is 6.33. The minimum atomic E-state index is -0.163. The molecule has 9 nitrogen and oxygen atoms in total. The van der Waals surface area contributed by atoms with Crippen LogP contribution in [0.3, 0.4) is 0 Å². The molecule has 2 aliphatic rings. The van der Waals surface area contributed by atoms with Crippen molar-refractivity contribution in [2.45, 2.75) is 6.54 Å². The van der Waals surface area contributed by atoms with Gasteiger partial charge in [0.2, 0.25) is 5.95 Å². The number of aromatic amines is 1. The minimum absolute atomic E-state index is 0.0122. The van der Waals surface area contributed by atoms with Gasteiger partial charge in [-0.25, -0.2) is 4.98 Å². The molecule has 2 aliphatic heterocycles. The average molecular weight is 523 g/mol. The van der Waals surface area contributed by atoms with Crippen LogP contribution in [0.5, 0.6) is 5.75 Å². The smallest absolute Gasteiger partial charge is 0.260 e. The van der Waals surface area contributed by atoms with Crippen molar-refractivity contribution in [1.29, 1.82) is 0 Å². The van der Waals surface area contributed by atoms with Gasteiger partial charge in [0.15, 0.2) is 6.61 Å². The Morgan fingerprint density at radius 3 is 2.30 bits per heavy atom. The van der Waals surface area contributed by atoms with Crippen molar-refractivity contribution < 1.29 is 9.53 Å². The second-order valence-electron chi connectivity index (χ2n) is 9.24. The molecule has 10 heteroatoms. The summed E-state index contributed by atoms with van der Waals surface area (Å²) in [5.74, 6) is 1.19. The van der Waals surface area contributed by atoms with Gasteiger partial charge in [0.1, 0.15) is 5.75 Å². The molecule has 2 fully saturated rings. The summed E-state index contributed by atoms with van der Waals surface area (Å²) in [7, 11) is 0. The number of carbonyl (C=O) groups is 1. The van der Waals surface area contributed by atoms with Gasteiger partial charge in [-0.3, -0.25) is 19.5 Å². The first kappa shape index (κ1) is 25.1. The molecule has 0 bridgehead atoms. The van der Waals surface area contributed by atoms with Crippen molar-refractivity contribution in [3.05, 3.63) is 81.7 Å². The second kappa shape index (κ2) is 11.7. The van der Waals surface area contributed by atoms with Crippen LogP contribution >= 0.6 is 11.6 Å². The van der Waals surface area contributed by atoms with Crippen LogP contribution in [-0.4, -0.2) is 84.6 Å². The summed E-state index contributed by atoms with van der Waals surface area (Å²) in [6.07, 6.45) is 0. The van der Waals surface area contributed by atoms with Crippen molar-refractivity contribution in [3.8, 4) is 5.75 Å². The highest BCUT2D eigenvalue weighted by Gasteiger charge is 2.24. The molecule has 0 unspecified atom stereocenters. The lowest BCUT2D eigenvalue weighted by molar-refractivity contribution is -0.133. The van der Waals surface area contributed by atoms with Gasteiger partial charge in [-0.1, -0.05) is 41.9 Å². The predicted molar refractivity (Wildman–Crippen MR) is 145 cm³/mol. The van der Waals surface area contributed by atoms with Gasteiger partial charge in [0.25, 0.3) is 11.5 Å². The molecule has 5 rings (SSSR count). The maximum Gasteiger partial charge on any atom is 0.260 e. The molecule has 0 saturated carbocycles. The number of halogens is 1. The number of nitrogens with one attached hydrogen (secondary N) is 1. The molecule has 0 radical (unpaired) electrons. The van der Waals surface area contributed by atoms with Crippen LogP contribution in [0.2, 0.25) is 5.02 Å². The van der Waals surface area contributed by atoms with Crippen molar-refractivity contribution in [3.63, 3.8) is 0 Å². The molecule has 0 aliphatic carbocycles. The van der Waals surface area contributed by atoms with Crippen LogP contribution in [-0.2, 0) is 11.3 Å². The van der Waals surface area contributed by atoms with E-state index in [0.29, 0.717) is 44.4 Å². The largest absolute Gasteiger partial charge is 0.484 e. The Morgan fingerprint density at radius 1 is 0.892 bits per heavy atom. The van der Waals surface area contributed by atoms with Gasteiger partial charge < -0.3 is 19.4 Å². The van der Waals surface area contributed by atoms with Crippen LogP contribution in [0.4, 0.5) is 11.6 Å². The van der Waals surface area contributed by atoms with Crippen LogP contribution in [0.15, 0.2) is 65.5 Å². The number of ether oxygens (including phenoxy) is 1. The van der Waals surface area contributed by atoms with E-state index in [9.17, 15) is 9.59 Å². The van der Waals surface area contributed by atoms with Crippen molar-refractivity contribution in [1.82, 2.24) is 19.8 Å². The van der Waals surface area contributed by atoms with E-state index in [2.05, 4.69) is 14.8 Å². The lowest BCUT2D eigenvalue weighted by atomic mass is 10.2. The molecular formula is C27H31ClN6O3. The highest BCUT2D eigenvalue weighted by atomic mass is 35.5. The number of piperazine rings is 2. The highest BCUT2D eigenvalue weighted by Crippen LogP contribution is 2.26. The lowest BCUT2D eigenvalue weighted by Gasteiger charge is -2.36. The summed E-state index contributed by atoms with van der Waals surface area (Å²) < 4.78 is 5.59. The number of anilines is 2. The number of para-hydroxylation sites is 2. The molecule has 3 aromatic rings. The van der Waals surface area contributed by atoms with Gasteiger partial charge in [-0.2, -0.15) is 0 Å². The van der Waals surface area contributed by atoms with E-state index in [1.54, 1.807) is 11.0 Å². The van der Waals surface area contributed by atoms with E-state index >= 15 is 0 Å². The summed E-state index contributed by atoms with van der Waals surface area (Å²) >= 11 is 6.36. The van der Waals surface area contributed by atoms with Crippen molar-refractivity contribution in [2.75, 3.05) is 68.8 Å². The van der Waals surface area contributed by atoms with Gasteiger partial charge in [-0.15, -0.1) is 0 Å². The third-order valence-corrected chi connectivity index (χ3v) is 7.09. The zero-order valence-electron chi connectivity index (χ0n) is 20.7. The van der Waals surface area contributed by atoms with Gasteiger partial charge in [0, 0.05) is 65.0 Å². The van der Waals surface area contributed by atoms with Gasteiger partial charge >= 0.3 is 0 Å². The fraction of sp³-hybridized carbons (Fsp3) is 0.370. The Hall–Kier alpha value is -3.56. The topological polar surface area (TPSA) is 85.0 Å². The number of nitrogens with zero attached hydrogens (tertiary/aromatic N) is 5. The summed E-state index contributed by atoms with van der Waals surface area (Å²) in [6, 6.07) is 18.8. The van der Waals surface area contributed by atoms with E-state index in [1.165, 1.54) is 0 Å². The number of rotatable bonds is 7. The number of benzene rings is 2.